The number of nitrogens with two attached hydrogens (primary N) is 1. The quantitative estimate of drug-likeness (QED) is 0.651. The third kappa shape index (κ3) is 5.55. The van der Waals surface area contributed by atoms with Crippen LogP contribution < -0.4 is 19.9 Å². The third-order valence-corrected chi connectivity index (χ3v) is 4.03. The minimum atomic E-state index is 0.369. The van der Waals surface area contributed by atoms with Gasteiger partial charge in [0.25, 0.3) is 0 Å². The highest BCUT2D eigenvalue weighted by molar-refractivity contribution is 6.32. The molecule has 2 aromatic rings. The highest BCUT2D eigenvalue weighted by atomic mass is 35.5. The topological polar surface area (TPSA) is 53.7 Å². The molecule has 0 unspecified atom stereocenters. The summed E-state index contributed by atoms with van der Waals surface area (Å²) in [6.07, 6.45) is 0. The average Bonchev–Trinajstić information content (AvgIpc) is 2.60. The van der Waals surface area contributed by atoms with Gasteiger partial charge in [0.2, 0.25) is 0 Å². The number of rotatable bonds is 9. The maximum absolute atomic E-state index is 6.29. The fourth-order valence-corrected chi connectivity index (χ4v) is 2.68. The van der Waals surface area contributed by atoms with Gasteiger partial charge in [0.05, 0.1) is 11.6 Å². The highest BCUT2D eigenvalue weighted by Gasteiger charge is 2.12. The summed E-state index contributed by atoms with van der Waals surface area (Å²) in [5.74, 6) is 2.46. The van der Waals surface area contributed by atoms with Gasteiger partial charge in [-0.1, -0.05) is 37.6 Å². The van der Waals surface area contributed by atoms with Gasteiger partial charge in [-0.3, -0.25) is 0 Å². The van der Waals surface area contributed by atoms with Crippen molar-refractivity contribution in [3.63, 3.8) is 0 Å². The Labute approximate surface area is 154 Å². The molecule has 0 atom stereocenters. The van der Waals surface area contributed by atoms with Crippen molar-refractivity contribution in [3.05, 3.63) is 52.5 Å². The molecule has 136 valence electrons. The summed E-state index contributed by atoms with van der Waals surface area (Å²) in [5.41, 5.74) is 7.87. The molecule has 0 aliphatic rings. The van der Waals surface area contributed by atoms with E-state index < -0.39 is 0 Å². The van der Waals surface area contributed by atoms with Crippen molar-refractivity contribution < 1.29 is 14.2 Å². The lowest BCUT2D eigenvalue weighted by Crippen LogP contribution is -2.10. The van der Waals surface area contributed by atoms with Gasteiger partial charge in [0, 0.05) is 6.54 Å². The van der Waals surface area contributed by atoms with Gasteiger partial charge in [-0.05, 0) is 48.2 Å². The second-order valence-corrected chi connectivity index (χ2v) is 6.37. The maximum Gasteiger partial charge on any atom is 0.179 e. The average molecular weight is 364 g/mol. The fraction of sp³-hybridized carbons (Fsp3) is 0.400. The molecule has 0 saturated heterocycles. The van der Waals surface area contributed by atoms with Crippen LogP contribution in [0.25, 0.3) is 0 Å². The van der Waals surface area contributed by atoms with Gasteiger partial charge >= 0.3 is 0 Å². The van der Waals surface area contributed by atoms with E-state index in [4.69, 9.17) is 31.5 Å². The number of hydrogen-bond acceptors (Lipinski definition) is 4. The Kier molecular flexibility index (Phi) is 7.41. The molecule has 0 aliphatic heterocycles. The Morgan fingerprint density at radius 3 is 2.28 bits per heavy atom. The zero-order valence-electron chi connectivity index (χ0n) is 15.0. The van der Waals surface area contributed by atoms with Crippen LogP contribution in [-0.4, -0.2) is 19.8 Å². The summed E-state index contributed by atoms with van der Waals surface area (Å²) >= 11 is 6.29. The zero-order valence-corrected chi connectivity index (χ0v) is 15.8. The first-order chi connectivity index (χ1) is 12.0. The van der Waals surface area contributed by atoms with Crippen LogP contribution in [0.1, 0.15) is 37.8 Å². The number of halogens is 1. The molecule has 0 fully saturated rings. The molecule has 0 amide bonds. The smallest absolute Gasteiger partial charge is 0.179 e. The van der Waals surface area contributed by atoms with Crippen molar-refractivity contribution in [2.45, 2.75) is 33.2 Å². The van der Waals surface area contributed by atoms with Crippen LogP contribution in [0.2, 0.25) is 5.02 Å². The molecule has 2 aromatic carbocycles. The van der Waals surface area contributed by atoms with E-state index in [1.807, 2.05) is 25.1 Å². The first-order valence-electron chi connectivity index (χ1n) is 8.56. The standard InChI is InChI=1S/C20H26ClNO3/c1-4-23-19-12-15(13-22)11-18(21)20(19)25-10-9-24-17-7-5-16(6-8-17)14(2)3/h5-8,11-12,14H,4,9-10,13,22H2,1-3H3. The Morgan fingerprint density at radius 2 is 1.68 bits per heavy atom. The van der Waals surface area contributed by atoms with Crippen molar-refractivity contribution >= 4 is 11.6 Å². The zero-order chi connectivity index (χ0) is 18.2. The van der Waals surface area contributed by atoms with Crippen LogP contribution in [0, 0.1) is 0 Å². The van der Waals surface area contributed by atoms with E-state index in [-0.39, 0.29) is 0 Å². The Hall–Kier alpha value is -1.91. The van der Waals surface area contributed by atoms with E-state index in [2.05, 4.69) is 26.0 Å². The SMILES string of the molecule is CCOc1cc(CN)cc(Cl)c1OCCOc1ccc(C(C)C)cc1. The number of hydrogen-bond donors (Lipinski definition) is 1. The van der Waals surface area contributed by atoms with Crippen LogP contribution in [0.15, 0.2) is 36.4 Å². The van der Waals surface area contributed by atoms with Crippen molar-refractivity contribution in [2.24, 2.45) is 5.73 Å². The predicted octanol–water partition coefficient (Wildman–Crippen LogP) is 4.78. The molecular formula is C20H26ClNO3. The largest absolute Gasteiger partial charge is 0.490 e. The summed E-state index contributed by atoms with van der Waals surface area (Å²) in [5, 5.41) is 0.493. The summed E-state index contributed by atoms with van der Waals surface area (Å²) < 4.78 is 17.1. The molecule has 0 aromatic heterocycles. The van der Waals surface area contributed by atoms with E-state index in [0.29, 0.717) is 48.8 Å². The van der Waals surface area contributed by atoms with Crippen molar-refractivity contribution in [2.75, 3.05) is 19.8 Å². The highest BCUT2D eigenvalue weighted by Crippen LogP contribution is 2.36. The first-order valence-corrected chi connectivity index (χ1v) is 8.93. The van der Waals surface area contributed by atoms with E-state index in [0.717, 1.165) is 11.3 Å². The maximum atomic E-state index is 6.29. The summed E-state index contributed by atoms with van der Waals surface area (Å²) in [7, 11) is 0. The van der Waals surface area contributed by atoms with Gasteiger partial charge in [0.15, 0.2) is 11.5 Å². The minimum absolute atomic E-state index is 0.369. The Morgan fingerprint density at radius 1 is 1.00 bits per heavy atom. The molecule has 2 rings (SSSR count). The molecule has 0 spiro atoms. The molecule has 0 saturated carbocycles. The lowest BCUT2D eigenvalue weighted by atomic mass is 10.0. The minimum Gasteiger partial charge on any atom is -0.490 e. The van der Waals surface area contributed by atoms with E-state index in [1.165, 1.54) is 5.56 Å². The Bertz CT molecular complexity index is 671. The summed E-state index contributed by atoms with van der Waals surface area (Å²) in [6.45, 7) is 7.96. The van der Waals surface area contributed by atoms with Crippen molar-refractivity contribution in [1.29, 1.82) is 0 Å². The van der Waals surface area contributed by atoms with Gasteiger partial charge < -0.3 is 19.9 Å². The van der Waals surface area contributed by atoms with Crippen molar-refractivity contribution in [3.8, 4) is 17.2 Å². The van der Waals surface area contributed by atoms with Gasteiger partial charge in [0.1, 0.15) is 19.0 Å². The third-order valence-electron chi connectivity index (χ3n) is 3.75. The molecule has 4 nitrogen and oxygen atoms in total. The van der Waals surface area contributed by atoms with Crippen LogP contribution in [0.4, 0.5) is 0 Å². The van der Waals surface area contributed by atoms with E-state index in [9.17, 15) is 0 Å². The van der Waals surface area contributed by atoms with Gasteiger partial charge in [-0.25, -0.2) is 0 Å². The molecule has 25 heavy (non-hydrogen) atoms. The molecule has 0 heterocycles. The van der Waals surface area contributed by atoms with Crippen LogP contribution in [0.3, 0.4) is 0 Å². The lowest BCUT2D eigenvalue weighted by Gasteiger charge is -2.15. The second-order valence-electron chi connectivity index (χ2n) is 5.96. The molecule has 0 aliphatic carbocycles. The van der Waals surface area contributed by atoms with Crippen molar-refractivity contribution in [1.82, 2.24) is 0 Å². The normalized spacial score (nSPS) is 10.8. The van der Waals surface area contributed by atoms with Gasteiger partial charge in [-0.15, -0.1) is 0 Å². The molecule has 0 bridgehead atoms. The predicted molar refractivity (Wildman–Crippen MR) is 102 cm³/mol. The molecule has 5 heteroatoms. The Balaban J connectivity index is 1.92. The molecular weight excluding hydrogens is 338 g/mol. The number of benzene rings is 2. The van der Waals surface area contributed by atoms with Crippen LogP contribution in [-0.2, 0) is 6.54 Å². The molecule has 2 N–H and O–H groups in total. The fourth-order valence-electron chi connectivity index (χ4n) is 2.39. The molecule has 0 radical (unpaired) electrons. The summed E-state index contributed by atoms with van der Waals surface area (Å²) in [6, 6.07) is 11.8. The second kappa shape index (κ2) is 9.54. The first kappa shape index (κ1) is 19.4. The summed E-state index contributed by atoms with van der Waals surface area (Å²) in [4.78, 5) is 0. The van der Waals surface area contributed by atoms with E-state index >= 15 is 0 Å². The van der Waals surface area contributed by atoms with Crippen LogP contribution >= 0.6 is 11.6 Å². The monoisotopic (exact) mass is 363 g/mol. The van der Waals surface area contributed by atoms with E-state index in [1.54, 1.807) is 6.07 Å². The van der Waals surface area contributed by atoms with Gasteiger partial charge in [-0.2, -0.15) is 0 Å². The van der Waals surface area contributed by atoms with Crippen LogP contribution in [0.5, 0.6) is 17.2 Å². The number of ether oxygens (including phenoxy) is 3. The lowest BCUT2D eigenvalue weighted by molar-refractivity contribution is 0.208.